The monoisotopic (exact) mass is 259 g/mol. The maximum absolute atomic E-state index is 5.09. The van der Waals surface area contributed by atoms with E-state index < -0.39 is 0 Å². The summed E-state index contributed by atoms with van der Waals surface area (Å²) in [7, 11) is 3.41. The smallest absolute Gasteiger partial charge is 0.216 e. The Hall–Kier alpha value is -2.24. The van der Waals surface area contributed by atoms with Crippen LogP contribution in [0.25, 0.3) is 11.5 Å². The summed E-state index contributed by atoms with van der Waals surface area (Å²) in [5, 5.41) is 3.08. The van der Waals surface area contributed by atoms with Crippen molar-refractivity contribution in [2.75, 3.05) is 19.5 Å². The van der Waals surface area contributed by atoms with Crippen molar-refractivity contribution in [3.05, 3.63) is 23.7 Å². The summed E-state index contributed by atoms with van der Waals surface area (Å²) >= 11 is 0. The molecule has 0 aliphatic carbocycles. The van der Waals surface area contributed by atoms with Crippen molar-refractivity contribution in [1.82, 2.24) is 19.9 Å². The zero-order valence-electron chi connectivity index (χ0n) is 11.6. The molecule has 0 unspecified atom stereocenters. The molecule has 0 saturated heterocycles. The lowest BCUT2D eigenvalue weighted by atomic mass is 10.2. The van der Waals surface area contributed by atoms with E-state index in [-0.39, 0.29) is 0 Å². The Kier molecular flexibility index (Phi) is 3.89. The highest BCUT2D eigenvalue weighted by Crippen LogP contribution is 2.22. The van der Waals surface area contributed by atoms with E-state index in [0.717, 1.165) is 23.5 Å². The normalized spacial score (nSPS) is 10.3. The van der Waals surface area contributed by atoms with Gasteiger partial charge in [0, 0.05) is 24.4 Å². The second-order valence-corrected chi connectivity index (χ2v) is 4.02. The Labute approximate surface area is 112 Å². The summed E-state index contributed by atoms with van der Waals surface area (Å²) in [5.41, 5.74) is 2.72. The van der Waals surface area contributed by atoms with Crippen molar-refractivity contribution in [3.63, 3.8) is 0 Å². The minimum atomic E-state index is 0.498. The molecule has 100 valence electrons. The van der Waals surface area contributed by atoms with Crippen LogP contribution < -0.4 is 10.1 Å². The molecule has 19 heavy (non-hydrogen) atoms. The lowest BCUT2D eigenvalue weighted by Crippen LogP contribution is -2.05. The molecular weight excluding hydrogens is 242 g/mol. The van der Waals surface area contributed by atoms with Gasteiger partial charge in [-0.3, -0.25) is 0 Å². The molecule has 0 spiro atoms. The number of nitrogens with one attached hydrogen (secondary N) is 1. The van der Waals surface area contributed by atoms with Gasteiger partial charge in [0.1, 0.15) is 17.8 Å². The van der Waals surface area contributed by atoms with Gasteiger partial charge in [-0.1, -0.05) is 6.92 Å². The maximum atomic E-state index is 5.09. The van der Waals surface area contributed by atoms with Crippen molar-refractivity contribution < 1.29 is 4.74 Å². The van der Waals surface area contributed by atoms with E-state index in [9.17, 15) is 0 Å². The van der Waals surface area contributed by atoms with E-state index in [1.807, 2.05) is 14.0 Å². The molecule has 1 N–H and O–H groups in total. The first-order valence-electron chi connectivity index (χ1n) is 6.11. The molecule has 2 aromatic heterocycles. The van der Waals surface area contributed by atoms with Crippen LogP contribution in [-0.4, -0.2) is 34.1 Å². The molecule has 0 aromatic carbocycles. The van der Waals surface area contributed by atoms with Gasteiger partial charge in [0.15, 0.2) is 5.82 Å². The minimum Gasteiger partial charge on any atom is -0.481 e. The Balaban J connectivity index is 2.55. The molecular formula is C13H17N5O. The second kappa shape index (κ2) is 5.60. The van der Waals surface area contributed by atoms with Gasteiger partial charge < -0.3 is 10.1 Å². The van der Waals surface area contributed by atoms with Crippen molar-refractivity contribution in [2.24, 2.45) is 0 Å². The number of hydrogen-bond donors (Lipinski definition) is 1. The highest BCUT2D eigenvalue weighted by Gasteiger charge is 2.12. The molecule has 0 atom stereocenters. The SMILES string of the molecule is CCc1nc(-c2cc(OC)ncn2)nc(NC)c1C. The number of rotatable bonds is 4. The number of nitrogens with zero attached hydrogens (tertiary/aromatic N) is 4. The van der Waals surface area contributed by atoms with Crippen LogP contribution in [0, 0.1) is 6.92 Å². The van der Waals surface area contributed by atoms with Gasteiger partial charge in [-0.15, -0.1) is 0 Å². The number of aryl methyl sites for hydroxylation is 1. The van der Waals surface area contributed by atoms with Crippen LogP contribution in [0.5, 0.6) is 5.88 Å². The summed E-state index contributed by atoms with van der Waals surface area (Å²) in [6.07, 6.45) is 2.29. The zero-order chi connectivity index (χ0) is 13.8. The van der Waals surface area contributed by atoms with E-state index in [1.54, 1.807) is 13.2 Å². The summed E-state index contributed by atoms with van der Waals surface area (Å²) in [6, 6.07) is 1.73. The van der Waals surface area contributed by atoms with Crippen LogP contribution in [0.4, 0.5) is 5.82 Å². The minimum absolute atomic E-state index is 0.498. The molecule has 2 heterocycles. The first kappa shape index (κ1) is 13.2. The molecule has 6 nitrogen and oxygen atoms in total. The fraction of sp³-hybridized carbons (Fsp3) is 0.385. The van der Waals surface area contributed by atoms with E-state index in [0.29, 0.717) is 17.4 Å². The molecule has 0 bridgehead atoms. The third-order valence-corrected chi connectivity index (χ3v) is 2.90. The molecule has 0 radical (unpaired) electrons. The van der Waals surface area contributed by atoms with Gasteiger partial charge in [-0.05, 0) is 13.3 Å². The molecule has 2 rings (SSSR count). The largest absolute Gasteiger partial charge is 0.481 e. The Morgan fingerprint density at radius 2 is 2.05 bits per heavy atom. The number of anilines is 1. The number of methoxy groups -OCH3 is 1. The van der Waals surface area contributed by atoms with Gasteiger partial charge in [-0.25, -0.2) is 19.9 Å². The average Bonchev–Trinajstić information content (AvgIpc) is 2.47. The van der Waals surface area contributed by atoms with Crippen LogP contribution in [0.3, 0.4) is 0 Å². The van der Waals surface area contributed by atoms with E-state index in [2.05, 4.69) is 32.2 Å². The fourth-order valence-electron chi connectivity index (χ4n) is 1.84. The predicted octanol–water partition coefficient (Wildman–Crippen LogP) is 1.85. The number of aromatic nitrogens is 4. The highest BCUT2D eigenvalue weighted by molar-refractivity contribution is 5.56. The third-order valence-electron chi connectivity index (χ3n) is 2.90. The van der Waals surface area contributed by atoms with Crippen LogP contribution in [0.1, 0.15) is 18.2 Å². The summed E-state index contributed by atoms with van der Waals surface area (Å²) in [4.78, 5) is 17.2. The van der Waals surface area contributed by atoms with Crippen molar-refractivity contribution in [3.8, 4) is 17.4 Å². The lowest BCUT2D eigenvalue weighted by molar-refractivity contribution is 0.397. The van der Waals surface area contributed by atoms with Gasteiger partial charge in [0.05, 0.1) is 7.11 Å². The summed E-state index contributed by atoms with van der Waals surface area (Å²) < 4.78 is 5.09. The predicted molar refractivity (Wildman–Crippen MR) is 73.3 cm³/mol. The first-order valence-corrected chi connectivity index (χ1v) is 6.11. The van der Waals surface area contributed by atoms with Crippen molar-refractivity contribution in [1.29, 1.82) is 0 Å². The second-order valence-electron chi connectivity index (χ2n) is 4.02. The van der Waals surface area contributed by atoms with Crippen LogP contribution in [0.2, 0.25) is 0 Å². The third kappa shape index (κ3) is 2.62. The summed E-state index contributed by atoms with van der Waals surface area (Å²) in [5.74, 6) is 1.89. The van der Waals surface area contributed by atoms with Gasteiger partial charge in [0.25, 0.3) is 0 Å². The average molecular weight is 259 g/mol. The fourth-order valence-corrected chi connectivity index (χ4v) is 1.84. The topological polar surface area (TPSA) is 72.8 Å². The van der Waals surface area contributed by atoms with E-state index in [4.69, 9.17) is 4.74 Å². The highest BCUT2D eigenvalue weighted by atomic mass is 16.5. The lowest BCUT2D eigenvalue weighted by Gasteiger charge is -2.10. The standard InChI is InChI=1S/C13H17N5O/c1-5-9-8(2)12(14-3)18-13(17-9)10-6-11(19-4)16-7-15-10/h6-7H,5H2,1-4H3,(H,14,17,18). The van der Waals surface area contributed by atoms with Gasteiger partial charge in [0.2, 0.25) is 5.88 Å². The Morgan fingerprint density at radius 3 is 2.68 bits per heavy atom. The Morgan fingerprint density at radius 1 is 1.26 bits per heavy atom. The van der Waals surface area contributed by atoms with Crippen molar-refractivity contribution in [2.45, 2.75) is 20.3 Å². The molecule has 0 aliphatic heterocycles. The van der Waals surface area contributed by atoms with Gasteiger partial charge >= 0.3 is 0 Å². The molecule has 6 heteroatoms. The van der Waals surface area contributed by atoms with Crippen LogP contribution in [-0.2, 0) is 6.42 Å². The van der Waals surface area contributed by atoms with Crippen molar-refractivity contribution >= 4 is 5.82 Å². The van der Waals surface area contributed by atoms with E-state index in [1.165, 1.54) is 6.33 Å². The van der Waals surface area contributed by atoms with Crippen LogP contribution >= 0.6 is 0 Å². The first-order chi connectivity index (χ1) is 9.19. The zero-order valence-corrected chi connectivity index (χ0v) is 11.6. The molecule has 0 aliphatic rings. The Bertz CT molecular complexity index is 560. The molecule has 2 aromatic rings. The van der Waals surface area contributed by atoms with Gasteiger partial charge in [-0.2, -0.15) is 0 Å². The maximum Gasteiger partial charge on any atom is 0.216 e. The quantitative estimate of drug-likeness (QED) is 0.903. The summed E-state index contributed by atoms with van der Waals surface area (Å²) in [6.45, 7) is 4.08. The molecule has 0 saturated carbocycles. The molecule has 0 amide bonds. The number of ether oxygens (including phenoxy) is 1. The van der Waals surface area contributed by atoms with Crippen LogP contribution in [0.15, 0.2) is 12.4 Å². The molecule has 0 fully saturated rings. The van der Waals surface area contributed by atoms with E-state index >= 15 is 0 Å². The number of hydrogen-bond acceptors (Lipinski definition) is 6.